The maximum absolute atomic E-state index is 14.0. The highest BCUT2D eigenvalue weighted by molar-refractivity contribution is 8.18. The summed E-state index contributed by atoms with van der Waals surface area (Å²) in [5.74, 6) is -0.0344. The van der Waals surface area contributed by atoms with Crippen LogP contribution in [0.2, 0.25) is 0 Å². The molecule has 2 aromatic heterocycles. The minimum Gasteiger partial charge on any atom is -0.467 e. The summed E-state index contributed by atoms with van der Waals surface area (Å²) < 4.78 is 19.3. The number of nitrogens with zero attached hydrogens (tertiary/aromatic N) is 3. The van der Waals surface area contributed by atoms with E-state index in [1.165, 1.54) is 17.0 Å². The molecule has 1 saturated heterocycles. The van der Waals surface area contributed by atoms with Crippen LogP contribution in [0.3, 0.4) is 0 Å². The molecule has 3 aromatic rings. The van der Waals surface area contributed by atoms with Crippen molar-refractivity contribution in [3.63, 3.8) is 0 Å². The number of halogens is 1. The van der Waals surface area contributed by atoms with Crippen molar-refractivity contribution in [2.75, 3.05) is 0 Å². The van der Waals surface area contributed by atoms with E-state index in [0.717, 1.165) is 16.6 Å². The van der Waals surface area contributed by atoms with Gasteiger partial charge in [-0.2, -0.15) is 5.10 Å². The first-order chi connectivity index (χ1) is 13.7. The molecule has 0 N–H and O–H groups in total. The number of carbonyl (C=O) groups is 1. The maximum atomic E-state index is 14.0. The van der Waals surface area contributed by atoms with Gasteiger partial charge in [0.2, 0.25) is 0 Å². The maximum Gasteiger partial charge on any atom is 0.267 e. The molecule has 0 saturated carbocycles. The summed E-state index contributed by atoms with van der Waals surface area (Å²) in [7, 11) is 0. The molecule has 5 nitrogen and oxygen atoms in total. The Kier molecular flexibility index (Phi) is 5.50. The fourth-order valence-corrected chi connectivity index (χ4v) is 4.02. The zero-order chi connectivity index (χ0) is 19.3. The molecule has 1 amide bonds. The summed E-state index contributed by atoms with van der Waals surface area (Å²) >= 11 is 2.70. The van der Waals surface area contributed by atoms with Crippen molar-refractivity contribution < 1.29 is 13.6 Å². The predicted molar refractivity (Wildman–Crippen MR) is 111 cm³/mol. The van der Waals surface area contributed by atoms with E-state index < -0.39 is 0 Å². The topological polar surface area (TPSA) is 58.2 Å². The zero-order valence-corrected chi connectivity index (χ0v) is 16.1. The Balaban J connectivity index is 1.64. The third-order valence-corrected chi connectivity index (χ3v) is 5.65. The van der Waals surface area contributed by atoms with Crippen LogP contribution in [0.4, 0.5) is 4.39 Å². The highest BCUT2D eigenvalue weighted by atomic mass is 32.2. The van der Waals surface area contributed by atoms with Gasteiger partial charge >= 0.3 is 0 Å². The molecule has 1 aromatic carbocycles. The third-order valence-electron chi connectivity index (χ3n) is 3.85. The number of amidine groups is 1. The molecule has 1 fully saturated rings. The van der Waals surface area contributed by atoms with E-state index in [-0.39, 0.29) is 18.3 Å². The Bertz CT molecular complexity index is 1060. The van der Waals surface area contributed by atoms with Gasteiger partial charge in [-0.25, -0.2) is 4.39 Å². The molecule has 0 radical (unpaired) electrons. The minimum absolute atomic E-state index is 0.223. The van der Waals surface area contributed by atoms with Crippen LogP contribution in [-0.4, -0.2) is 22.2 Å². The van der Waals surface area contributed by atoms with Gasteiger partial charge in [-0.05, 0) is 47.5 Å². The number of furan rings is 1. The van der Waals surface area contributed by atoms with Crippen molar-refractivity contribution in [1.29, 1.82) is 0 Å². The number of benzene rings is 1. The normalized spacial score (nSPS) is 17.5. The summed E-state index contributed by atoms with van der Waals surface area (Å²) in [5.41, 5.74) is 0.347. The number of carbonyl (C=O) groups excluding carboxylic acids is 1. The van der Waals surface area contributed by atoms with E-state index in [0.29, 0.717) is 21.4 Å². The molecular weight excluding hydrogens is 397 g/mol. The molecule has 28 heavy (non-hydrogen) atoms. The molecule has 8 heteroatoms. The Labute approximate surface area is 168 Å². The Morgan fingerprint density at radius 2 is 2.04 bits per heavy atom. The van der Waals surface area contributed by atoms with Crippen LogP contribution in [0.1, 0.15) is 16.2 Å². The van der Waals surface area contributed by atoms with Gasteiger partial charge in [-0.1, -0.05) is 24.3 Å². The Morgan fingerprint density at radius 1 is 1.14 bits per heavy atom. The van der Waals surface area contributed by atoms with Crippen LogP contribution >= 0.6 is 23.1 Å². The van der Waals surface area contributed by atoms with E-state index in [4.69, 9.17) is 4.42 Å². The molecule has 1 aliphatic heterocycles. The van der Waals surface area contributed by atoms with E-state index in [2.05, 4.69) is 10.2 Å². The summed E-state index contributed by atoms with van der Waals surface area (Å²) in [6.45, 7) is 0.223. The number of thioether (sulfide) groups is 1. The Hall–Kier alpha value is -2.97. The lowest BCUT2D eigenvalue weighted by atomic mass is 10.2. The average Bonchev–Trinajstić information content (AvgIpc) is 3.44. The van der Waals surface area contributed by atoms with Crippen molar-refractivity contribution in [2.24, 2.45) is 10.2 Å². The van der Waals surface area contributed by atoms with Gasteiger partial charge in [0.25, 0.3) is 5.91 Å². The van der Waals surface area contributed by atoms with Crippen molar-refractivity contribution in [1.82, 2.24) is 4.90 Å². The molecule has 0 atom stereocenters. The van der Waals surface area contributed by atoms with Gasteiger partial charge in [0.1, 0.15) is 11.6 Å². The minimum atomic E-state index is -0.387. The molecule has 0 spiro atoms. The van der Waals surface area contributed by atoms with Crippen molar-refractivity contribution in [3.8, 4) is 0 Å². The quantitative estimate of drug-likeness (QED) is 0.338. The molecule has 0 bridgehead atoms. The van der Waals surface area contributed by atoms with Crippen molar-refractivity contribution in [3.05, 3.63) is 87.1 Å². The Morgan fingerprint density at radius 3 is 2.79 bits per heavy atom. The van der Waals surface area contributed by atoms with Crippen molar-refractivity contribution in [2.45, 2.75) is 6.54 Å². The molecule has 4 rings (SSSR count). The van der Waals surface area contributed by atoms with Gasteiger partial charge in [0.15, 0.2) is 5.17 Å². The molecular formula is C20H14FN3O2S2. The molecule has 3 heterocycles. The third kappa shape index (κ3) is 4.13. The van der Waals surface area contributed by atoms with Crippen LogP contribution < -0.4 is 0 Å². The first kappa shape index (κ1) is 18.4. The van der Waals surface area contributed by atoms with Gasteiger partial charge < -0.3 is 4.42 Å². The summed E-state index contributed by atoms with van der Waals surface area (Å²) in [5, 5.41) is 10.7. The monoisotopic (exact) mass is 411 g/mol. The lowest BCUT2D eigenvalue weighted by molar-refractivity contribution is -0.122. The van der Waals surface area contributed by atoms with E-state index >= 15 is 0 Å². The largest absolute Gasteiger partial charge is 0.467 e. The SMILES string of the molecule is O=C1/C(=C/c2ccccc2F)S/C(=N\N=C\c2cccs2)N1Cc1ccco1. The van der Waals surface area contributed by atoms with E-state index in [1.807, 2.05) is 17.5 Å². The second kappa shape index (κ2) is 8.37. The van der Waals surface area contributed by atoms with Gasteiger partial charge in [0, 0.05) is 10.4 Å². The second-order valence-corrected chi connectivity index (χ2v) is 7.73. The first-order valence-corrected chi connectivity index (χ1v) is 10.0. The predicted octanol–water partition coefficient (Wildman–Crippen LogP) is 4.99. The number of amides is 1. The van der Waals surface area contributed by atoms with Crippen LogP contribution in [0.25, 0.3) is 6.08 Å². The van der Waals surface area contributed by atoms with Crippen LogP contribution in [-0.2, 0) is 11.3 Å². The van der Waals surface area contributed by atoms with Crippen molar-refractivity contribution >= 4 is 46.5 Å². The average molecular weight is 411 g/mol. The van der Waals surface area contributed by atoms with Gasteiger partial charge in [0.05, 0.1) is 23.9 Å². The number of rotatable bonds is 5. The van der Waals surface area contributed by atoms with Gasteiger partial charge in [-0.3, -0.25) is 9.69 Å². The molecule has 140 valence electrons. The van der Waals surface area contributed by atoms with E-state index in [1.54, 1.807) is 54.1 Å². The lowest BCUT2D eigenvalue weighted by Crippen LogP contribution is -2.28. The fraction of sp³-hybridized carbons (Fsp3) is 0.0500. The highest BCUT2D eigenvalue weighted by Gasteiger charge is 2.34. The molecule has 0 aliphatic carbocycles. The van der Waals surface area contributed by atoms with Crippen LogP contribution in [0.5, 0.6) is 0 Å². The lowest BCUT2D eigenvalue weighted by Gasteiger charge is -2.12. The summed E-state index contributed by atoms with van der Waals surface area (Å²) in [6.07, 6.45) is 4.71. The first-order valence-electron chi connectivity index (χ1n) is 8.33. The summed E-state index contributed by atoms with van der Waals surface area (Å²) in [4.78, 5) is 15.7. The second-order valence-electron chi connectivity index (χ2n) is 5.75. The molecule has 0 unspecified atom stereocenters. The number of thiophene rings is 1. The number of hydrogen-bond acceptors (Lipinski definition) is 6. The fourth-order valence-electron chi connectivity index (χ4n) is 2.51. The smallest absolute Gasteiger partial charge is 0.267 e. The summed E-state index contributed by atoms with van der Waals surface area (Å²) in [6, 6.07) is 13.7. The van der Waals surface area contributed by atoms with Gasteiger partial charge in [-0.15, -0.1) is 16.4 Å². The van der Waals surface area contributed by atoms with E-state index in [9.17, 15) is 9.18 Å². The van der Waals surface area contributed by atoms with Crippen LogP contribution in [0.15, 0.2) is 79.7 Å². The standard InChI is InChI=1S/C20H14FN3O2S2/c21-17-8-2-1-5-14(17)11-18-19(25)24(13-15-6-3-9-26-15)20(28-18)23-22-12-16-7-4-10-27-16/h1-12H,13H2/b18-11-,22-12+,23-20-. The number of hydrogen-bond donors (Lipinski definition) is 0. The highest BCUT2D eigenvalue weighted by Crippen LogP contribution is 2.34. The zero-order valence-electron chi connectivity index (χ0n) is 14.5. The molecule has 1 aliphatic rings. The van der Waals surface area contributed by atoms with Crippen LogP contribution in [0, 0.1) is 5.82 Å².